The molecule has 2 aliphatic carbocycles. The highest BCUT2D eigenvalue weighted by Gasteiger charge is 2.61. The summed E-state index contributed by atoms with van der Waals surface area (Å²) in [6, 6.07) is 3.09. The first-order chi connectivity index (χ1) is 14.4. The largest absolute Gasteiger partial charge is 0.419 e. The van der Waals surface area contributed by atoms with Gasteiger partial charge >= 0.3 is 6.18 Å². The molecule has 0 aromatic carbocycles. The summed E-state index contributed by atoms with van der Waals surface area (Å²) in [6.07, 6.45) is -1.51. The van der Waals surface area contributed by atoms with Gasteiger partial charge in [-0.3, -0.25) is 9.58 Å². The molecule has 0 radical (unpaired) electrons. The number of pyridine rings is 1. The fourth-order valence-electron chi connectivity index (χ4n) is 5.41. The molecule has 1 saturated heterocycles. The van der Waals surface area contributed by atoms with Crippen LogP contribution in [-0.4, -0.2) is 44.7 Å². The van der Waals surface area contributed by atoms with Gasteiger partial charge in [0, 0.05) is 35.5 Å². The first-order valence-electron chi connectivity index (χ1n) is 10.5. The maximum atomic E-state index is 13.2. The van der Waals surface area contributed by atoms with Crippen molar-refractivity contribution in [3.05, 3.63) is 29.6 Å². The van der Waals surface area contributed by atoms with Crippen LogP contribution in [0.25, 0.3) is 11.3 Å². The van der Waals surface area contributed by atoms with Crippen LogP contribution in [0.5, 0.6) is 0 Å². The number of rotatable bonds is 4. The average Bonchev–Trinajstić information content (AvgIpc) is 3.02. The van der Waals surface area contributed by atoms with Crippen molar-refractivity contribution < 1.29 is 22.0 Å². The summed E-state index contributed by atoms with van der Waals surface area (Å²) in [5.74, 6) is -2.02. The number of alkyl halides is 5. The second-order valence-corrected chi connectivity index (χ2v) is 9.39. The van der Waals surface area contributed by atoms with Crippen molar-refractivity contribution >= 4 is 5.82 Å². The Kier molecular flexibility index (Phi) is 4.42. The van der Waals surface area contributed by atoms with E-state index in [4.69, 9.17) is 5.73 Å². The second-order valence-electron chi connectivity index (χ2n) is 9.39. The lowest BCUT2D eigenvalue weighted by Crippen LogP contribution is -2.59. The number of fused-ring (bicyclic) bond motifs is 1. The van der Waals surface area contributed by atoms with Crippen LogP contribution in [0.2, 0.25) is 0 Å². The molecule has 5 nitrogen and oxygen atoms in total. The third kappa shape index (κ3) is 3.48. The molecule has 1 aliphatic heterocycles. The van der Waals surface area contributed by atoms with Gasteiger partial charge in [-0.25, -0.2) is 13.8 Å². The molecule has 2 saturated carbocycles. The van der Waals surface area contributed by atoms with Crippen molar-refractivity contribution in [3.8, 4) is 11.3 Å². The highest BCUT2D eigenvalue weighted by Crippen LogP contribution is 2.64. The van der Waals surface area contributed by atoms with Gasteiger partial charge in [0.2, 0.25) is 0 Å². The van der Waals surface area contributed by atoms with Crippen molar-refractivity contribution in [1.82, 2.24) is 19.7 Å². The topological polar surface area (TPSA) is 60.0 Å². The Balaban J connectivity index is 1.38. The van der Waals surface area contributed by atoms with Crippen molar-refractivity contribution in [2.75, 3.05) is 18.8 Å². The van der Waals surface area contributed by atoms with E-state index in [1.54, 1.807) is 0 Å². The van der Waals surface area contributed by atoms with Gasteiger partial charge in [-0.15, -0.1) is 0 Å². The third-order valence-corrected chi connectivity index (χ3v) is 6.92. The molecule has 3 aliphatic rings. The van der Waals surface area contributed by atoms with Crippen LogP contribution in [0, 0.1) is 11.8 Å². The number of nitrogen functional groups attached to an aromatic ring is 1. The molecule has 31 heavy (non-hydrogen) atoms. The van der Waals surface area contributed by atoms with Crippen LogP contribution in [0.1, 0.15) is 49.9 Å². The zero-order valence-corrected chi connectivity index (χ0v) is 17.2. The van der Waals surface area contributed by atoms with E-state index >= 15 is 0 Å². The highest BCUT2D eigenvalue weighted by atomic mass is 19.4. The average molecular weight is 441 g/mol. The van der Waals surface area contributed by atoms with Crippen molar-refractivity contribution in [1.29, 1.82) is 0 Å². The number of hydrogen-bond acceptors (Lipinski definition) is 4. The fraction of sp³-hybridized carbons (Fsp3) is 0.619. The number of nitrogens with zero attached hydrogens (tertiary/aromatic N) is 4. The third-order valence-electron chi connectivity index (χ3n) is 6.92. The van der Waals surface area contributed by atoms with Gasteiger partial charge in [-0.05, 0) is 50.7 Å². The monoisotopic (exact) mass is 441 g/mol. The first-order valence-corrected chi connectivity index (χ1v) is 10.5. The van der Waals surface area contributed by atoms with Crippen LogP contribution in [0.4, 0.5) is 27.8 Å². The predicted molar refractivity (Wildman–Crippen MR) is 105 cm³/mol. The Hall–Kier alpha value is -2.23. The van der Waals surface area contributed by atoms with Crippen LogP contribution in [0.15, 0.2) is 18.3 Å². The SMILES string of the molecule is CC(C)n1nc(-c2cnc(N)c(C(F)(F)F)c2)cc1[C@H]1[C@@H]2C[C@H](N3CC(F)(F)C3)C[C@@H]21. The Morgan fingerprint density at radius 1 is 1.13 bits per heavy atom. The van der Waals surface area contributed by atoms with Gasteiger partial charge in [0.25, 0.3) is 5.92 Å². The highest BCUT2D eigenvalue weighted by molar-refractivity contribution is 5.63. The van der Waals surface area contributed by atoms with Gasteiger partial charge in [0.05, 0.1) is 24.3 Å². The van der Waals surface area contributed by atoms with E-state index in [1.165, 1.54) is 6.20 Å². The van der Waals surface area contributed by atoms with E-state index in [-0.39, 0.29) is 36.7 Å². The zero-order chi connectivity index (χ0) is 22.3. The molecule has 4 atom stereocenters. The van der Waals surface area contributed by atoms with Gasteiger partial charge < -0.3 is 5.73 Å². The van der Waals surface area contributed by atoms with Gasteiger partial charge in [0.15, 0.2) is 0 Å². The summed E-state index contributed by atoms with van der Waals surface area (Å²) < 4.78 is 68.0. The van der Waals surface area contributed by atoms with Crippen molar-refractivity contribution in [3.63, 3.8) is 0 Å². The van der Waals surface area contributed by atoms with E-state index < -0.39 is 23.5 Å². The number of nitrogens with two attached hydrogens (primary N) is 1. The van der Waals surface area contributed by atoms with Gasteiger partial charge in [-0.1, -0.05) is 0 Å². The summed E-state index contributed by atoms with van der Waals surface area (Å²) >= 11 is 0. The minimum absolute atomic E-state index is 0.0405. The second kappa shape index (κ2) is 6.63. The van der Waals surface area contributed by atoms with Crippen molar-refractivity contribution in [2.24, 2.45) is 11.8 Å². The van der Waals surface area contributed by atoms with E-state index in [0.29, 0.717) is 17.5 Å². The molecule has 0 spiro atoms. The lowest BCUT2D eigenvalue weighted by molar-refractivity contribution is -0.146. The maximum absolute atomic E-state index is 13.2. The molecule has 0 bridgehead atoms. The lowest BCUT2D eigenvalue weighted by atomic mass is 9.99. The molecule has 0 amide bonds. The normalized spacial score (nSPS) is 29.8. The minimum Gasteiger partial charge on any atom is -0.383 e. The number of aromatic nitrogens is 3. The number of hydrogen-bond donors (Lipinski definition) is 1. The predicted octanol–water partition coefficient (Wildman–Crippen LogP) is 4.57. The Morgan fingerprint density at radius 3 is 2.32 bits per heavy atom. The lowest BCUT2D eigenvalue weighted by Gasteiger charge is -2.43. The summed E-state index contributed by atoms with van der Waals surface area (Å²) in [6.45, 7) is 3.65. The Morgan fingerprint density at radius 2 is 1.77 bits per heavy atom. The molecule has 3 fully saturated rings. The van der Waals surface area contributed by atoms with E-state index in [0.717, 1.165) is 24.6 Å². The van der Waals surface area contributed by atoms with Crippen LogP contribution in [-0.2, 0) is 6.18 Å². The minimum atomic E-state index is -4.59. The number of halogens is 5. The summed E-state index contributed by atoms with van der Waals surface area (Å²) in [4.78, 5) is 5.59. The quantitative estimate of drug-likeness (QED) is 0.707. The van der Waals surface area contributed by atoms with E-state index in [1.807, 2.05) is 29.5 Å². The molecular formula is C21H24F5N5. The number of likely N-dealkylation sites (tertiary alicyclic amines) is 1. The molecule has 2 aromatic rings. The maximum Gasteiger partial charge on any atom is 0.419 e. The van der Waals surface area contributed by atoms with Gasteiger partial charge in [-0.2, -0.15) is 18.3 Å². The van der Waals surface area contributed by atoms with E-state index in [2.05, 4.69) is 10.1 Å². The van der Waals surface area contributed by atoms with Gasteiger partial charge in [0.1, 0.15) is 5.82 Å². The molecule has 5 rings (SSSR count). The van der Waals surface area contributed by atoms with Crippen LogP contribution < -0.4 is 5.73 Å². The van der Waals surface area contributed by atoms with E-state index in [9.17, 15) is 22.0 Å². The molecule has 10 heteroatoms. The van der Waals surface area contributed by atoms with Crippen LogP contribution >= 0.6 is 0 Å². The first kappa shape index (κ1) is 20.7. The standard InChI is InChI=1S/C21H24F5N5/c1-10(2)31-17(18-13-4-12(5-14(13)18)30-8-20(22,23)9-30)6-16(29-31)11-3-15(21(24,25)26)19(27)28-7-11/h3,6-7,10,12-14,18H,4-5,8-9H2,1-2H3,(H2,27,28)/t12-,13+,14-,18-. The molecule has 3 heterocycles. The molecule has 2 aromatic heterocycles. The fourth-order valence-corrected chi connectivity index (χ4v) is 5.41. The molecule has 168 valence electrons. The molecular weight excluding hydrogens is 417 g/mol. The molecule has 0 unspecified atom stereocenters. The van der Waals surface area contributed by atoms with Crippen molar-refractivity contribution in [2.45, 2.75) is 56.8 Å². The smallest absolute Gasteiger partial charge is 0.383 e. The van der Waals surface area contributed by atoms with Crippen LogP contribution in [0.3, 0.4) is 0 Å². The zero-order valence-electron chi connectivity index (χ0n) is 17.2. The molecule has 2 N–H and O–H groups in total. The summed E-state index contributed by atoms with van der Waals surface area (Å²) in [5.41, 5.74) is 6.16. The number of anilines is 1. The Bertz CT molecular complexity index is 994. The summed E-state index contributed by atoms with van der Waals surface area (Å²) in [7, 11) is 0. The Labute approximate surface area is 176 Å². The summed E-state index contributed by atoms with van der Waals surface area (Å²) in [5, 5.41) is 4.58.